The van der Waals surface area contributed by atoms with Gasteiger partial charge in [0.15, 0.2) is 0 Å². The zero-order valence-corrected chi connectivity index (χ0v) is 18.3. The van der Waals surface area contributed by atoms with Gasteiger partial charge >= 0.3 is 6.36 Å². The van der Waals surface area contributed by atoms with Gasteiger partial charge in [-0.1, -0.05) is 6.07 Å². The molecule has 1 aromatic heterocycles. The summed E-state index contributed by atoms with van der Waals surface area (Å²) in [7, 11) is -1.75. The van der Waals surface area contributed by atoms with Gasteiger partial charge in [0.05, 0.1) is 12.2 Å². The maximum atomic E-state index is 13.8. The second kappa shape index (κ2) is 9.37. The minimum Gasteiger partial charge on any atom is -0.404 e. The van der Waals surface area contributed by atoms with E-state index >= 15 is 0 Å². The van der Waals surface area contributed by atoms with E-state index in [2.05, 4.69) is 9.84 Å². The lowest BCUT2D eigenvalue weighted by Gasteiger charge is -2.17. The van der Waals surface area contributed by atoms with E-state index in [0.29, 0.717) is 22.5 Å². The van der Waals surface area contributed by atoms with Crippen molar-refractivity contribution < 1.29 is 30.7 Å². The number of hydrogen-bond donors (Lipinski definition) is 1. The molecule has 0 aliphatic heterocycles. The van der Waals surface area contributed by atoms with E-state index in [1.54, 1.807) is 13.8 Å². The van der Waals surface area contributed by atoms with Crippen LogP contribution in [0, 0.1) is 13.8 Å². The zero-order chi connectivity index (χ0) is 23.6. The molecule has 1 aromatic carbocycles. The van der Waals surface area contributed by atoms with Gasteiger partial charge in [-0.2, -0.15) is 5.10 Å². The lowest BCUT2D eigenvalue weighted by Crippen LogP contribution is -2.25. The molecule has 31 heavy (non-hydrogen) atoms. The highest BCUT2D eigenvalue weighted by Gasteiger charge is 2.35. The average Bonchev–Trinajstić information content (AvgIpc) is 2.87. The van der Waals surface area contributed by atoms with Crippen molar-refractivity contribution in [3.63, 3.8) is 0 Å². The first-order valence-corrected chi connectivity index (χ1v) is 10.6. The van der Waals surface area contributed by atoms with Crippen LogP contribution in [0.15, 0.2) is 35.0 Å². The Hall–Kier alpha value is -2.44. The predicted octanol–water partition coefficient (Wildman–Crippen LogP) is 3.05. The fourth-order valence-corrected chi connectivity index (χ4v) is 3.95. The van der Waals surface area contributed by atoms with Gasteiger partial charge in [-0.05, 0) is 37.6 Å². The van der Waals surface area contributed by atoms with Crippen LogP contribution in [0.3, 0.4) is 0 Å². The number of ether oxygens (including phenoxy) is 1. The Kier molecular flexibility index (Phi) is 7.50. The largest absolute Gasteiger partial charge is 0.573 e. The van der Waals surface area contributed by atoms with Crippen LogP contribution in [-0.2, 0) is 23.0 Å². The molecular formula is C19H24F4N4O3S. The van der Waals surface area contributed by atoms with Crippen LogP contribution in [0.1, 0.15) is 22.5 Å². The molecule has 0 saturated heterocycles. The molecule has 2 aromatic rings. The van der Waals surface area contributed by atoms with Crippen LogP contribution < -0.4 is 10.5 Å². The Morgan fingerprint density at radius 3 is 2.48 bits per heavy atom. The smallest absolute Gasteiger partial charge is 0.404 e. The molecule has 0 amide bonds. The van der Waals surface area contributed by atoms with Crippen molar-refractivity contribution >= 4 is 10.0 Å². The number of aromatic nitrogens is 2. The average molecular weight is 464 g/mol. The van der Waals surface area contributed by atoms with E-state index in [1.165, 1.54) is 30.9 Å². The molecule has 2 N–H and O–H groups in total. The summed E-state index contributed by atoms with van der Waals surface area (Å²) in [6, 6.07) is 3.52. The fraction of sp³-hybridized carbons (Fsp3) is 0.421. The van der Waals surface area contributed by atoms with Crippen LogP contribution in [0.5, 0.6) is 5.75 Å². The Balaban J connectivity index is 2.46. The van der Waals surface area contributed by atoms with Crippen molar-refractivity contribution in [3.8, 4) is 5.75 Å². The summed E-state index contributed by atoms with van der Waals surface area (Å²) < 4.78 is 83.5. The maximum absolute atomic E-state index is 13.8. The first-order chi connectivity index (χ1) is 14.3. The topological polar surface area (TPSA) is 90.5 Å². The van der Waals surface area contributed by atoms with Crippen molar-refractivity contribution in [2.45, 2.75) is 38.1 Å². The van der Waals surface area contributed by atoms with Crippen LogP contribution >= 0.6 is 0 Å². The highest BCUT2D eigenvalue weighted by molar-refractivity contribution is 7.89. The van der Waals surface area contributed by atoms with Gasteiger partial charge in [0, 0.05) is 38.3 Å². The normalized spacial score (nSPS) is 13.2. The van der Waals surface area contributed by atoms with Crippen LogP contribution in [-0.4, -0.2) is 49.5 Å². The van der Waals surface area contributed by atoms with Crippen molar-refractivity contribution in [1.29, 1.82) is 0 Å². The summed E-state index contributed by atoms with van der Waals surface area (Å²) in [4.78, 5) is -0.600. The van der Waals surface area contributed by atoms with Crippen LogP contribution in [0.25, 0.3) is 0 Å². The number of benzene rings is 1. The third-order valence-corrected chi connectivity index (χ3v) is 6.40. The van der Waals surface area contributed by atoms with E-state index in [1.807, 2.05) is 0 Å². The second-order valence-corrected chi connectivity index (χ2v) is 9.11. The van der Waals surface area contributed by atoms with Crippen LogP contribution in [0.2, 0.25) is 0 Å². The predicted molar refractivity (Wildman–Crippen MR) is 107 cm³/mol. The number of sulfonamides is 1. The van der Waals surface area contributed by atoms with Gasteiger partial charge in [-0.3, -0.25) is 4.68 Å². The first-order valence-electron chi connectivity index (χ1n) is 9.15. The van der Waals surface area contributed by atoms with Crippen molar-refractivity contribution in [2.24, 2.45) is 5.73 Å². The fourth-order valence-electron chi connectivity index (χ4n) is 2.96. The molecule has 0 aliphatic carbocycles. The van der Waals surface area contributed by atoms with Gasteiger partial charge in [-0.25, -0.2) is 17.1 Å². The monoisotopic (exact) mass is 464 g/mol. The molecule has 0 atom stereocenters. The van der Waals surface area contributed by atoms with Crippen molar-refractivity contribution in [2.75, 3.05) is 20.6 Å². The first kappa shape index (κ1) is 24.8. The van der Waals surface area contributed by atoms with E-state index in [0.717, 1.165) is 16.4 Å². The number of nitrogens with zero attached hydrogens (tertiary/aromatic N) is 3. The zero-order valence-electron chi connectivity index (χ0n) is 17.5. The second-order valence-electron chi connectivity index (χ2n) is 6.99. The van der Waals surface area contributed by atoms with E-state index in [4.69, 9.17) is 5.73 Å². The molecule has 0 radical (unpaired) electrons. The lowest BCUT2D eigenvalue weighted by atomic mass is 10.0. The summed E-state index contributed by atoms with van der Waals surface area (Å²) in [5, 5.41) is 4.27. The van der Waals surface area contributed by atoms with E-state index in [9.17, 15) is 26.0 Å². The Morgan fingerprint density at radius 1 is 1.29 bits per heavy atom. The highest BCUT2D eigenvalue weighted by Crippen LogP contribution is 2.33. The molecule has 0 aliphatic rings. The quantitative estimate of drug-likeness (QED) is 0.607. The SMILES string of the molecule is Cc1nn(C/C(F)=C/CN)c(C)c1Cc1ccc(S(=O)(=O)N(C)C)c(OC(F)(F)F)c1. The third-order valence-electron chi connectivity index (χ3n) is 4.54. The van der Waals surface area contributed by atoms with Gasteiger partial charge in [0.25, 0.3) is 0 Å². The number of allylic oxidation sites excluding steroid dienone is 1. The third kappa shape index (κ3) is 6.05. The number of hydrogen-bond acceptors (Lipinski definition) is 5. The van der Waals surface area contributed by atoms with E-state index < -0.39 is 32.9 Å². The molecule has 0 bridgehead atoms. The minimum atomic E-state index is -5.07. The Bertz CT molecular complexity index is 1080. The molecule has 1 heterocycles. The lowest BCUT2D eigenvalue weighted by molar-refractivity contribution is -0.275. The maximum Gasteiger partial charge on any atom is 0.573 e. The molecule has 0 saturated carbocycles. The summed E-state index contributed by atoms with van der Waals surface area (Å²) >= 11 is 0. The number of rotatable bonds is 8. The van der Waals surface area contributed by atoms with Gasteiger partial charge in [0.2, 0.25) is 10.0 Å². The summed E-state index contributed by atoms with van der Waals surface area (Å²) in [6.45, 7) is 3.33. The standard InChI is InChI=1S/C19H24F4N4O3S/c1-12-16(13(2)27(25-12)11-15(20)7-8-24)9-14-5-6-18(31(28,29)26(3)4)17(10-14)30-19(21,22)23/h5-7,10H,8-9,11,24H2,1-4H3/b15-7-. The Morgan fingerprint density at radius 2 is 1.94 bits per heavy atom. The van der Waals surface area contributed by atoms with Crippen molar-refractivity contribution in [3.05, 3.63) is 52.6 Å². The number of nitrogens with two attached hydrogens (primary N) is 1. The molecule has 0 spiro atoms. The molecule has 12 heteroatoms. The summed E-state index contributed by atoms with van der Waals surface area (Å²) in [6.07, 6.45) is -3.70. The minimum absolute atomic E-state index is 0.0438. The summed E-state index contributed by atoms with van der Waals surface area (Å²) in [5.41, 5.74) is 7.55. The molecular weight excluding hydrogens is 440 g/mol. The number of halogens is 4. The molecule has 172 valence electrons. The molecule has 2 rings (SSSR count). The van der Waals surface area contributed by atoms with Gasteiger partial charge < -0.3 is 10.5 Å². The summed E-state index contributed by atoms with van der Waals surface area (Å²) in [5.74, 6) is -1.28. The number of alkyl halides is 3. The van der Waals surface area contributed by atoms with E-state index in [-0.39, 0.29) is 19.5 Å². The Labute approximate surface area is 178 Å². The van der Waals surface area contributed by atoms with Gasteiger partial charge in [-0.15, -0.1) is 13.2 Å². The highest BCUT2D eigenvalue weighted by atomic mass is 32.2. The molecule has 0 fully saturated rings. The van der Waals surface area contributed by atoms with Crippen molar-refractivity contribution in [1.82, 2.24) is 14.1 Å². The molecule has 7 nitrogen and oxygen atoms in total. The number of aryl methyl sites for hydroxylation is 1. The van der Waals surface area contributed by atoms with Gasteiger partial charge in [0.1, 0.15) is 16.5 Å². The van der Waals surface area contributed by atoms with Crippen LogP contribution in [0.4, 0.5) is 17.6 Å². The molecule has 0 unspecified atom stereocenters.